The molecule has 3 unspecified atom stereocenters. The van der Waals surface area contributed by atoms with Crippen LogP contribution in [0.4, 0.5) is 0 Å². The lowest BCUT2D eigenvalue weighted by atomic mass is 9.77. The molecule has 0 aromatic carbocycles. The van der Waals surface area contributed by atoms with Crippen molar-refractivity contribution < 1.29 is 0 Å². The monoisotopic (exact) mass is 229 g/mol. The number of aromatic nitrogens is 1. The van der Waals surface area contributed by atoms with Gasteiger partial charge in [-0.25, -0.2) is 0 Å². The lowest BCUT2D eigenvalue weighted by Gasteiger charge is -2.32. The summed E-state index contributed by atoms with van der Waals surface area (Å²) in [6.07, 6.45) is 6.91. The Morgan fingerprint density at radius 2 is 2.43 bits per heavy atom. The second-order valence-electron chi connectivity index (χ2n) is 4.09. The largest absolute Gasteiger partial charge is 0.253 e. The molecular weight excluding hydrogens is 214 g/mol. The van der Waals surface area contributed by atoms with E-state index in [9.17, 15) is 0 Å². The molecular formula is C11H16ClNS. The van der Waals surface area contributed by atoms with E-state index in [4.69, 9.17) is 11.6 Å². The number of halogens is 1. The molecule has 78 valence electrons. The molecule has 1 heterocycles. The average Bonchev–Trinajstić information content (AvgIpc) is 2.70. The molecule has 0 amide bonds. The van der Waals surface area contributed by atoms with E-state index < -0.39 is 0 Å². The predicted molar refractivity (Wildman–Crippen MR) is 62.1 cm³/mol. The van der Waals surface area contributed by atoms with Gasteiger partial charge < -0.3 is 0 Å². The van der Waals surface area contributed by atoms with Gasteiger partial charge in [-0.05, 0) is 31.1 Å². The highest BCUT2D eigenvalue weighted by Crippen LogP contribution is 2.42. The Bertz CT molecular complexity index is 273. The third-order valence-electron chi connectivity index (χ3n) is 3.27. The van der Waals surface area contributed by atoms with E-state index in [1.54, 1.807) is 11.3 Å². The van der Waals surface area contributed by atoms with Gasteiger partial charge in [0.1, 0.15) is 0 Å². The molecule has 2 rings (SSSR count). The van der Waals surface area contributed by atoms with Crippen molar-refractivity contribution in [3.8, 4) is 0 Å². The summed E-state index contributed by atoms with van der Waals surface area (Å²) in [6, 6.07) is 0. The minimum atomic E-state index is 0.380. The van der Waals surface area contributed by atoms with Gasteiger partial charge >= 0.3 is 0 Å². The summed E-state index contributed by atoms with van der Waals surface area (Å²) in [5.41, 5.74) is 1.93. The molecule has 1 nitrogen and oxygen atoms in total. The highest BCUT2D eigenvalue weighted by atomic mass is 35.5. The summed E-state index contributed by atoms with van der Waals surface area (Å²) in [5, 5.41) is 0.380. The highest BCUT2D eigenvalue weighted by molar-refractivity contribution is 7.09. The lowest BCUT2D eigenvalue weighted by Crippen LogP contribution is -2.22. The molecule has 0 N–H and O–H groups in total. The molecule has 3 heteroatoms. The van der Waals surface area contributed by atoms with Crippen molar-refractivity contribution in [3.63, 3.8) is 0 Å². The molecule has 1 aromatic heterocycles. The van der Waals surface area contributed by atoms with E-state index in [0.29, 0.717) is 11.3 Å². The standard InChI is InChI=1S/C11H16ClNS/c1-2-8-3-4-9(12)5-10(8)11-6-13-7-14-11/h6-10H,2-5H2,1H3. The summed E-state index contributed by atoms with van der Waals surface area (Å²) in [4.78, 5) is 5.60. The van der Waals surface area contributed by atoms with E-state index in [2.05, 4.69) is 11.9 Å². The predicted octanol–water partition coefficient (Wildman–Crippen LogP) is 4.04. The average molecular weight is 230 g/mol. The van der Waals surface area contributed by atoms with E-state index in [-0.39, 0.29) is 0 Å². The number of alkyl halides is 1. The van der Waals surface area contributed by atoms with Crippen molar-refractivity contribution in [1.29, 1.82) is 0 Å². The second kappa shape index (κ2) is 4.63. The van der Waals surface area contributed by atoms with Gasteiger partial charge in [-0.2, -0.15) is 0 Å². The van der Waals surface area contributed by atoms with Gasteiger partial charge in [0, 0.05) is 16.5 Å². The smallest absolute Gasteiger partial charge is 0.0794 e. The molecule has 3 atom stereocenters. The van der Waals surface area contributed by atoms with Crippen LogP contribution in [0.2, 0.25) is 0 Å². The van der Waals surface area contributed by atoms with Crippen molar-refractivity contribution in [2.45, 2.75) is 43.9 Å². The van der Waals surface area contributed by atoms with Crippen LogP contribution >= 0.6 is 22.9 Å². The van der Waals surface area contributed by atoms with Gasteiger partial charge in [0.15, 0.2) is 0 Å². The molecule has 1 fully saturated rings. The Morgan fingerprint density at radius 3 is 3.07 bits per heavy atom. The van der Waals surface area contributed by atoms with Crippen LogP contribution in [0.5, 0.6) is 0 Å². The number of hydrogen-bond donors (Lipinski definition) is 0. The van der Waals surface area contributed by atoms with Crippen molar-refractivity contribution in [1.82, 2.24) is 4.98 Å². The van der Waals surface area contributed by atoms with Crippen LogP contribution in [-0.4, -0.2) is 10.4 Å². The first-order chi connectivity index (χ1) is 6.81. The van der Waals surface area contributed by atoms with Crippen LogP contribution in [0.25, 0.3) is 0 Å². The van der Waals surface area contributed by atoms with E-state index in [1.807, 2.05) is 11.7 Å². The van der Waals surface area contributed by atoms with Crippen LogP contribution in [-0.2, 0) is 0 Å². The third kappa shape index (κ3) is 2.12. The summed E-state index contributed by atoms with van der Waals surface area (Å²) in [7, 11) is 0. The molecule has 0 bridgehead atoms. The lowest BCUT2D eigenvalue weighted by molar-refractivity contribution is 0.306. The SMILES string of the molecule is CCC1CCC(Cl)CC1c1cncs1. The van der Waals surface area contributed by atoms with Gasteiger partial charge in [0.05, 0.1) is 5.51 Å². The van der Waals surface area contributed by atoms with Crippen LogP contribution in [0.1, 0.15) is 43.4 Å². The molecule has 0 saturated heterocycles. The Balaban J connectivity index is 2.13. The van der Waals surface area contributed by atoms with Gasteiger partial charge in [-0.1, -0.05) is 13.3 Å². The Morgan fingerprint density at radius 1 is 1.57 bits per heavy atom. The summed E-state index contributed by atoms with van der Waals surface area (Å²) >= 11 is 8.02. The second-order valence-corrected chi connectivity index (χ2v) is 5.62. The number of nitrogens with zero attached hydrogens (tertiary/aromatic N) is 1. The number of hydrogen-bond acceptors (Lipinski definition) is 2. The maximum absolute atomic E-state index is 6.23. The molecule has 1 aliphatic carbocycles. The summed E-state index contributed by atoms with van der Waals surface area (Å²) < 4.78 is 0. The first-order valence-corrected chi connectivity index (χ1v) is 6.65. The third-order valence-corrected chi connectivity index (χ3v) is 4.57. The van der Waals surface area contributed by atoms with Crippen LogP contribution in [0, 0.1) is 5.92 Å². The summed E-state index contributed by atoms with van der Waals surface area (Å²) in [6.45, 7) is 2.28. The Hall–Kier alpha value is -0.0800. The fourth-order valence-corrected chi connectivity index (χ4v) is 3.57. The molecule has 1 aromatic rings. The van der Waals surface area contributed by atoms with Crippen LogP contribution in [0.15, 0.2) is 11.7 Å². The molecule has 1 saturated carbocycles. The van der Waals surface area contributed by atoms with Gasteiger partial charge in [0.2, 0.25) is 0 Å². The van der Waals surface area contributed by atoms with Crippen molar-refractivity contribution >= 4 is 22.9 Å². The Kier molecular flexibility index (Phi) is 3.45. The fraction of sp³-hybridized carbons (Fsp3) is 0.727. The first-order valence-electron chi connectivity index (χ1n) is 5.33. The number of thiazole rings is 1. The fourth-order valence-electron chi connectivity index (χ4n) is 2.43. The maximum Gasteiger partial charge on any atom is 0.0794 e. The van der Waals surface area contributed by atoms with Crippen molar-refractivity contribution in [2.75, 3.05) is 0 Å². The normalized spacial score (nSPS) is 33.1. The van der Waals surface area contributed by atoms with Gasteiger partial charge in [-0.15, -0.1) is 22.9 Å². The minimum absolute atomic E-state index is 0.380. The zero-order chi connectivity index (χ0) is 9.97. The zero-order valence-electron chi connectivity index (χ0n) is 8.45. The molecule has 0 radical (unpaired) electrons. The van der Waals surface area contributed by atoms with E-state index in [1.165, 1.54) is 24.1 Å². The maximum atomic E-state index is 6.23. The van der Waals surface area contributed by atoms with Gasteiger partial charge in [-0.3, -0.25) is 4.98 Å². The van der Waals surface area contributed by atoms with Crippen LogP contribution in [0.3, 0.4) is 0 Å². The Labute approximate surface area is 94.5 Å². The van der Waals surface area contributed by atoms with Crippen LogP contribution < -0.4 is 0 Å². The van der Waals surface area contributed by atoms with Crippen molar-refractivity contribution in [3.05, 3.63) is 16.6 Å². The first kappa shape index (κ1) is 10.4. The molecule has 1 aliphatic rings. The quantitative estimate of drug-likeness (QED) is 0.698. The molecule has 0 spiro atoms. The summed E-state index contributed by atoms with van der Waals surface area (Å²) in [5.74, 6) is 1.49. The molecule has 0 aliphatic heterocycles. The minimum Gasteiger partial charge on any atom is -0.253 e. The van der Waals surface area contributed by atoms with E-state index in [0.717, 1.165) is 12.3 Å². The van der Waals surface area contributed by atoms with Gasteiger partial charge in [0.25, 0.3) is 0 Å². The zero-order valence-corrected chi connectivity index (χ0v) is 10.0. The topological polar surface area (TPSA) is 12.9 Å². The molecule has 14 heavy (non-hydrogen) atoms. The highest BCUT2D eigenvalue weighted by Gasteiger charge is 2.30. The number of rotatable bonds is 2. The van der Waals surface area contributed by atoms with Crippen molar-refractivity contribution in [2.24, 2.45) is 5.92 Å². The van der Waals surface area contributed by atoms with E-state index >= 15 is 0 Å².